The number of rotatable bonds is 9. The van der Waals surface area contributed by atoms with Crippen LogP contribution in [0.3, 0.4) is 0 Å². The lowest BCUT2D eigenvalue weighted by atomic mass is 10.0. The van der Waals surface area contributed by atoms with Gasteiger partial charge in [0, 0.05) is 12.0 Å². The van der Waals surface area contributed by atoms with Crippen molar-refractivity contribution in [2.75, 3.05) is 0 Å². The van der Waals surface area contributed by atoms with Gasteiger partial charge in [-0.15, -0.1) is 11.5 Å². The number of carbonyl (C=O) groups excluding carboxylic acids is 1. The third-order valence-electron chi connectivity index (χ3n) is 3.78. The van der Waals surface area contributed by atoms with Gasteiger partial charge < -0.3 is 9.84 Å². The highest BCUT2D eigenvalue weighted by Gasteiger charge is 2.21. The van der Waals surface area contributed by atoms with E-state index in [1.54, 1.807) is 0 Å². The number of hydrogen-bond donors (Lipinski definition) is 1. The quantitative estimate of drug-likeness (QED) is 0.297. The standard InChI is InChI=1S/C19H32O3Si/c1-16-15-17(19(21)22-16)11-8-6-5-7-9-12-18(20)13-10-14-23(2,3)4/h15-16,18,20H,5-9,11-13H2,1-4H3/t16-,18+/m0/s1. The summed E-state index contributed by atoms with van der Waals surface area (Å²) >= 11 is 0. The van der Waals surface area contributed by atoms with Crippen LogP contribution in [-0.2, 0) is 9.53 Å². The lowest BCUT2D eigenvalue weighted by Crippen LogP contribution is -2.16. The predicted octanol–water partition coefficient (Wildman–Crippen LogP) is 4.22. The molecule has 0 aromatic rings. The second kappa shape index (κ2) is 9.95. The number of aliphatic hydroxyl groups excluding tert-OH is 1. The van der Waals surface area contributed by atoms with Crippen molar-refractivity contribution in [2.24, 2.45) is 0 Å². The second-order valence-electron chi connectivity index (χ2n) is 7.52. The lowest BCUT2D eigenvalue weighted by Gasteiger charge is -2.08. The van der Waals surface area contributed by atoms with Gasteiger partial charge in [-0.25, -0.2) is 4.79 Å². The average Bonchev–Trinajstić information content (AvgIpc) is 2.74. The maximum Gasteiger partial charge on any atom is 0.334 e. The molecule has 0 radical (unpaired) electrons. The summed E-state index contributed by atoms with van der Waals surface area (Å²) in [6, 6.07) is 0. The summed E-state index contributed by atoms with van der Waals surface area (Å²) in [5.74, 6) is 3.00. The summed E-state index contributed by atoms with van der Waals surface area (Å²) < 4.78 is 5.08. The number of cyclic esters (lactones) is 1. The minimum Gasteiger partial charge on any atom is -0.455 e. The zero-order chi connectivity index (χ0) is 17.3. The number of aliphatic hydroxyl groups is 1. The number of hydrogen-bond acceptors (Lipinski definition) is 3. The molecule has 4 heteroatoms. The number of unbranched alkanes of at least 4 members (excludes halogenated alkanes) is 4. The maximum atomic E-state index is 11.4. The van der Waals surface area contributed by atoms with Crippen molar-refractivity contribution in [2.45, 2.75) is 90.1 Å². The smallest absolute Gasteiger partial charge is 0.334 e. The first-order valence-corrected chi connectivity index (χ1v) is 12.4. The Bertz CT molecular complexity index is 465. The van der Waals surface area contributed by atoms with Crippen molar-refractivity contribution < 1.29 is 14.6 Å². The number of ether oxygens (including phenoxy) is 1. The van der Waals surface area contributed by atoms with E-state index in [1.165, 1.54) is 0 Å². The van der Waals surface area contributed by atoms with Gasteiger partial charge in [-0.05, 0) is 32.3 Å². The Morgan fingerprint density at radius 2 is 1.87 bits per heavy atom. The van der Waals surface area contributed by atoms with E-state index in [0.29, 0.717) is 6.42 Å². The molecule has 3 nitrogen and oxygen atoms in total. The molecule has 1 heterocycles. The molecule has 0 aromatic heterocycles. The van der Waals surface area contributed by atoms with Gasteiger partial charge in [0.1, 0.15) is 14.2 Å². The van der Waals surface area contributed by atoms with Crippen LogP contribution < -0.4 is 0 Å². The molecule has 0 unspecified atom stereocenters. The summed E-state index contributed by atoms with van der Waals surface area (Å²) in [4.78, 5) is 11.4. The predicted molar refractivity (Wildman–Crippen MR) is 97.7 cm³/mol. The molecule has 0 saturated heterocycles. The van der Waals surface area contributed by atoms with Crippen molar-refractivity contribution >= 4 is 14.0 Å². The summed E-state index contributed by atoms with van der Waals surface area (Å²) in [7, 11) is -1.31. The first kappa shape index (κ1) is 20.0. The normalized spacial score (nSPS) is 18.9. The van der Waals surface area contributed by atoms with E-state index in [0.717, 1.165) is 50.5 Å². The lowest BCUT2D eigenvalue weighted by molar-refractivity contribution is -0.139. The minimum atomic E-state index is -1.31. The summed E-state index contributed by atoms with van der Waals surface area (Å²) in [6.45, 7) is 8.54. The van der Waals surface area contributed by atoms with Crippen LogP contribution >= 0.6 is 0 Å². The molecule has 0 fully saturated rings. The van der Waals surface area contributed by atoms with E-state index in [2.05, 4.69) is 31.1 Å². The summed E-state index contributed by atoms with van der Waals surface area (Å²) in [5, 5.41) is 9.90. The van der Waals surface area contributed by atoms with Gasteiger partial charge in [-0.2, -0.15) is 0 Å². The van der Waals surface area contributed by atoms with E-state index in [4.69, 9.17) is 4.74 Å². The third kappa shape index (κ3) is 9.63. The SMILES string of the molecule is C[C@H]1C=C(CCCCCCC[C@@H](O)CC#C[Si](C)(C)C)C(=O)O1. The van der Waals surface area contributed by atoms with Crippen LogP contribution in [0.1, 0.15) is 58.3 Å². The van der Waals surface area contributed by atoms with Crippen molar-refractivity contribution in [3.05, 3.63) is 11.6 Å². The van der Waals surface area contributed by atoms with E-state index >= 15 is 0 Å². The molecular formula is C19H32O3Si. The van der Waals surface area contributed by atoms with Gasteiger partial charge in [0.15, 0.2) is 0 Å². The number of carbonyl (C=O) groups is 1. The molecule has 130 valence electrons. The molecule has 0 aliphatic carbocycles. The molecule has 2 atom stereocenters. The van der Waals surface area contributed by atoms with Crippen molar-refractivity contribution in [1.82, 2.24) is 0 Å². The molecule has 0 saturated carbocycles. The van der Waals surface area contributed by atoms with Crippen LogP contribution in [0.4, 0.5) is 0 Å². The molecular weight excluding hydrogens is 304 g/mol. The largest absolute Gasteiger partial charge is 0.455 e. The molecule has 0 amide bonds. The molecule has 1 rings (SSSR count). The van der Waals surface area contributed by atoms with E-state index in [-0.39, 0.29) is 18.2 Å². The summed E-state index contributed by atoms with van der Waals surface area (Å²) in [6.07, 6.45) is 9.40. The third-order valence-corrected chi connectivity index (χ3v) is 4.70. The molecule has 0 bridgehead atoms. The fraction of sp³-hybridized carbons (Fsp3) is 0.737. The van der Waals surface area contributed by atoms with Crippen LogP contribution in [0.2, 0.25) is 19.6 Å². The highest BCUT2D eigenvalue weighted by atomic mass is 28.3. The van der Waals surface area contributed by atoms with Crippen molar-refractivity contribution in [3.8, 4) is 11.5 Å². The van der Waals surface area contributed by atoms with E-state index in [9.17, 15) is 9.90 Å². The van der Waals surface area contributed by atoms with Gasteiger partial charge in [0.2, 0.25) is 0 Å². The fourth-order valence-electron chi connectivity index (χ4n) is 2.58. The summed E-state index contributed by atoms with van der Waals surface area (Å²) in [5.41, 5.74) is 4.13. The zero-order valence-electron chi connectivity index (χ0n) is 15.2. The monoisotopic (exact) mass is 336 g/mol. The van der Waals surface area contributed by atoms with Gasteiger partial charge in [0.05, 0.1) is 6.10 Å². The van der Waals surface area contributed by atoms with Crippen LogP contribution in [0.15, 0.2) is 11.6 Å². The molecule has 23 heavy (non-hydrogen) atoms. The van der Waals surface area contributed by atoms with E-state index < -0.39 is 8.07 Å². The highest BCUT2D eigenvalue weighted by Crippen LogP contribution is 2.20. The first-order chi connectivity index (χ1) is 10.8. The second-order valence-corrected chi connectivity index (χ2v) is 12.3. The Balaban J connectivity index is 2.00. The van der Waals surface area contributed by atoms with Crippen LogP contribution in [0.25, 0.3) is 0 Å². The maximum absolute atomic E-state index is 11.4. The minimum absolute atomic E-state index is 0.0527. The molecule has 1 aliphatic rings. The first-order valence-electron chi connectivity index (χ1n) is 8.88. The van der Waals surface area contributed by atoms with Gasteiger partial charge in [-0.1, -0.05) is 45.3 Å². The van der Waals surface area contributed by atoms with E-state index in [1.807, 2.05) is 13.0 Å². The van der Waals surface area contributed by atoms with Gasteiger partial charge in [-0.3, -0.25) is 0 Å². The Morgan fingerprint density at radius 3 is 2.48 bits per heavy atom. The number of esters is 1. The molecule has 1 aliphatic heterocycles. The molecule has 1 N–H and O–H groups in total. The zero-order valence-corrected chi connectivity index (χ0v) is 16.2. The topological polar surface area (TPSA) is 46.5 Å². The van der Waals surface area contributed by atoms with Crippen molar-refractivity contribution in [1.29, 1.82) is 0 Å². The average molecular weight is 337 g/mol. The molecule has 0 aromatic carbocycles. The van der Waals surface area contributed by atoms with Crippen LogP contribution in [0.5, 0.6) is 0 Å². The van der Waals surface area contributed by atoms with Crippen LogP contribution in [0, 0.1) is 11.5 Å². The van der Waals surface area contributed by atoms with Gasteiger partial charge in [0.25, 0.3) is 0 Å². The Kier molecular flexibility index (Phi) is 8.65. The Labute approximate surface area is 142 Å². The van der Waals surface area contributed by atoms with Crippen molar-refractivity contribution in [3.63, 3.8) is 0 Å². The van der Waals surface area contributed by atoms with Gasteiger partial charge >= 0.3 is 5.97 Å². The fourth-order valence-corrected chi connectivity index (χ4v) is 3.21. The van der Waals surface area contributed by atoms with Crippen LogP contribution in [-0.4, -0.2) is 31.4 Å². The Morgan fingerprint density at radius 1 is 1.22 bits per heavy atom. The Hall–Kier alpha value is -1.05. The molecule has 0 spiro atoms. The highest BCUT2D eigenvalue weighted by molar-refractivity contribution is 6.83.